The maximum atomic E-state index is 11.2. The summed E-state index contributed by atoms with van der Waals surface area (Å²) in [5, 5.41) is 17.1. The SMILES string of the molecule is CC(C)n1nc(COc2ccccc2CC(=O)O)c2cc(-c3ccc4cnc(N)cc4c3)ccc21. The van der Waals surface area contributed by atoms with Gasteiger partial charge in [-0.25, -0.2) is 4.98 Å². The lowest BCUT2D eigenvalue weighted by Gasteiger charge is -2.09. The van der Waals surface area contributed by atoms with Crippen LogP contribution >= 0.6 is 0 Å². The van der Waals surface area contributed by atoms with Crippen LogP contribution in [0.3, 0.4) is 0 Å². The molecule has 0 aliphatic rings. The van der Waals surface area contributed by atoms with Crippen LogP contribution in [-0.2, 0) is 17.8 Å². The Bertz CT molecular complexity index is 1560. The predicted molar refractivity (Wildman–Crippen MR) is 137 cm³/mol. The number of nitrogen functional groups attached to an aromatic ring is 1. The molecular weight excluding hydrogens is 440 g/mol. The first-order valence-electron chi connectivity index (χ1n) is 11.5. The number of rotatable bonds is 7. The molecule has 0 atom stereocenters. The highest BCUT2D eigenvalue weighted by Crippen LogP contribution is 2.31. The Morgan fingerprint density at radius 2 is 1.80 bits per heavy atom. The maximum Gasteiger partial charge on any atom is 0.307 e. The first-order valence-corrected chi connectivity index (χ1v) is 11.5. The summed E-state index contributed by atoms with van der Waals surface area (Å²) in [6.07, 6.45) is 1.69. The highest BCUT2D eigenvalue weighted by Gasteiger charge is 2.16. The number of hydrogen-bond donors (Lipinski definition) is 2. The number of para-hydroxylation sites is 1. The lowest BCUT2D eigenvalue weighted by atomic mass is 10.0. The van der Waals surface area contributed by atoms with E-state index in [0.717, 1.165) is 38.5 Å². The smallest absolute Gasteiger partial charge is 0.307 e. The number of fused-ring (bicyclic) bond motifs is 2. The molecule has 7 heteroatoms. The van der Waals surface area contributed by atoms with Crippen molar-refractivity contribution in [2.24, 2.45) is 0 Å². The van der Waals surface area contributed by atoms with Gasteiger partial charge in [0.05, 0.1) is 11.9 Å². The summed E-state index contributed by atoms with van der Waals surface area (Å²) < 4.78 is 8.08. The number of carbonyl (C=O) groups is 1. The average Bonchev–Trinajstić information content (AvgIpc) is 3.21. The van der Waals surface area contributed by atoms with E-state index in [1.54, 1.807) is 18.3 Å². The van der Waals surface area contributed by atoms with E-state index in [1.165, 1.54) is 0 Å². The molecule has 176 valence electrons. The lowest BCUT2D eigenvalue weighted by Crippen LogP contribution is -2.06. The van der Waals surface area contributed by atoms with Gasteiger partial charge in [-0.2, -0.15) is 5.10 Å². The molecule has 35 heavy (non-hydrogen) atoms. The summed E-state index contributed by atoms with van der Waals surface area (Å²) in [5.41, 5.74) is 10.5. The van der Waals surface area contributed by atoms with Gasteiger partial charge in [0, 0.05) is 28.6 Å². The molecule has 2 aromatic heterocycles. The molecule has 0 aliphatic carbocycles. The zero-order chi connectivity index (χ0) is 24.5. The Morgan fingerprint density at radius 3 is 2.60 bits per heavy atom. The molecule has 5 aromatic rings. The lowest BCUT2D eigenvalue weighted by molar-refractivity contribution is -0.136. The van der Waals surface area contributed by atoms with Gasteiger partial charge in [-0.3, -0.25) is 9.48 Å². The Kier molecular flexibility index (Phi) is 5.82. The Labute approximate surface area is 202 Å². The van der Waals surface area contributed by atoms with Gasteiger partial charge in [0.1, 0.15) is 23.9 Å². The molecule has 0 unspecified atom stereocenters. The van der Waals surface area contributed by atoms with Crippen LogP contribution in [0, 0.1) is 0 Å². The number of benzene rings is 3. The first-order chi connectivity index (χ1) is 16.9. The summed E-state index contributed by atoms with van der Waals surface area (Å²) >= 11 is 0. The van der Waals surface area contributed by atoms with E-state index in [0.29, 0.717) is 17.1 Å². The summed E-state index contributed by atoms with van der Waals surface area (Å²) in [5.74, 6) is 0.151. The number of anilines is 1. The fraction of sp³-hybridized carbons (Fsp3) is 0.179. The second-order valence-electron chi connectivity index (χ2n) is 8.85. The molecule has 0 saturated heterocycles. The van der Waals surface area contributed by atoms with Gasteiger partial charge in [0.25, 0.3) is 0 Å². The standard InChI is InChI=1S/C28H26N4O3/c1-17(2)32-25-10-9-19(18-7-8-21-15-30-27(29)13-22(21)11-18)12-23(25)24(31-32)16-35-26-6-4-3-5-20(26)14-28(33)34/h3-13,15,17H,14,16H2,1-2H3,(H2,29,30)(H,33,34). The number of carboxylic acid groups (broad SMARTS) is 1. The van der Waals surface area contributed by atoms with Crippen LogP contribution in [0.5, 0.6) is 5.75 Å². The molecule has 0 fully saturated rings. The number of pyridine rings is 1. The van der Waals surface area contributed by atoms with E-state index in [2.05, 4.69) is 49.2 Å². The van der Waals surface area contributed by atoms with Gasteiger partial charge >= 0.3 is 5.97 Å². The van der Waals surface area contributed by atoms with E-state index in [9.17, 15) is 9.90 Å². The number of hydrogen-bond acceptors (Lipinski definition) is 5. The van der Waals surface area contributed by atoms with E-state index in [1.807, 2.05) is 28.9 Å². The predicted octanol–water partition coefficient (Wildman–Crippen LogP) is 5.62. The minimum absolute atomic E-state index is 0.0937. The van der Waals surface area contributed by atoms with E-state index in [-0.39, 0.29) is 19.1 Å². The van der Waals surface area contributed by atoms with Crippen molar-refractivity contribution in [3.8, 4) is 16.9 Å². The third-order valence-corrected chi connectivity index (χ3v) is 6.03. The van der Waals surface area contributed by atoms with Crippen LogP contribution in [0.1, 0.15) is 31.1 Å². The van der Waals surface area contributed by atoms with Crippen molar-refractivity contribution in [2.75, 3.05) is 5.73 Å². The quantitative estimate of drug-likeness (QED) is 0.323. The minimum Gasteiger partial charge on any atom is -0.487 e. The van der Waals surface area contributed by atoms with Crippen LogP contribution in [0.2, 0.25) is 0 Å². The second-order valence-corrected chi connectivity index (χ2v) is 8.85. The second kappa shape index (κ2) is 9.10. The van der Waals surface area contributed by atoms with Crippen molar-refractivity contribution < 1.29 is 14.6 Å². The molecular formula is C28H26N4O3. The van der Waals surface area contributed by atoms with Crippen LogP contribution in [0.15, 0.2) is 72.9 Å². The van der Waals surface area contributed by atoms with E-state index < -0.39 is 5.97 Å². The zero-order valence-electron chi connectivity index (χ0n) is 19.6. The van der Waals surface area contributed by atoms with E-state index >= 15 is 0 Å². The van der Waals surface area contributed by atoms with Gasteiger partial charge in [-0.15, -0.1) is 0 Å². The number of aromatic nitrogens is 3. The molecule has 5 rings (SSSR count). The molecule has 0 aliphatic heterocycles. The van der Waals surface area contributed by atoms with Crippen molar-refractivity contribution in [1.82, 2.24) is 14.8 Å². The van der Waals surface area contributed by atoms with Crippen molar-refractivity contribution in [3.63, 3.8) is 0 Å². The number of aliphatic carboxylic acids is 1. The molecule has 7 nitrogen and oxygen atoms in total. The summed E-state index contributed by atoms with van der Waals surface area (Å²) in [6.45, 7) is 4.42. The highest BCUT2D eigenvalue weighted by atomic mass is 16.5. The Morgan fingerprint density at radius 1 is 1.03 bits per heavy atom. The fourth-order valence-electron chi connectivity index (χ4n) is 4.32. The van der Waals surface area contributed by atoms with Gasteiger partial charge in [-0.05, 0) is 60.7 Å². The van der Waals surface area contributed by atoms with Crippen LogP contribution in [0.4, 0.5) is 5.82 Å². The zero-order valence-corrected chi connectivity index (χ0v) is 19.6. The summed E-state index contributed by atoms with van der Waals surface area (Å²) in [7, 11) is 0. The molecule has 0 spiro atoms. The molecule has 0 amide bonds. The number of nitrogens with two attached hydrogens (primary N) is 1. The Balaban J connectivity index is 1.53. The van der Waals surface area contributed by atoms with Gasteiger partial charge in [0.2, 0.25) is 0 Å². The number of carboxylic acids is 1. The number of nitrogens with zero attached hydrogens (tertiary/aromatic N) is 3. The van der Waals surface area contributed by atoms with Gasteiger partial charge in [0.15, 0.2) is 0 Å². The molecule has 3 aromatic carbocycles. The van der Waals surface area contributed by atoms with Crippen molar-refractivity contribution in [1.29, 1.82) is 0 Å². The first kappa shape index (κ1) is 22.4. The van der Waals surface area contributed by atoms with Crippen molar-refractivity contribution in [3.05, 3.63) is 84.2 Å². The monoisotopic (exact) mass is 466 g/mol. The van der Waals surface area contributed by atoms with Gasteiger partial charge in [-0.1, -0.05) is 36.4 Å². The van der Waals surface area contributed by atoms with Crippen LogP contribution in [-0.4, -0.2) is 25.8 Å². The fourth-order valence-corrected chi connectivity index (χ4v) is 4.32. The largest absolute Gasteiger partial charge is 0.487 e. The van der Waals surface area contributed by atoms with Crippen LogP contribution in [0.25, 0.3) is 32.8 Å². The minimum atomic E-state index is -0.895. The third-order valence-electron chi connectivity index (χ3n) is 6.03. The number of ether oxygens (including phenoxy) is 1. The topological polar surface area (TPSA) is 103 Å². The van der Waals surface area contributed by atoms with E-state index in [4.69, 9.17) is 15.6 Å². The maximum absolute atomic E-state index is 11.2. The van der Waals surface area contributed by atoms with Crippen molar-refractivity contribution >= 4 is 33.5 Å². The Hall–Kier alpha value is -4.39. The third kappa shape index (κ3) is 4.53. The molecule has 0 saturated carbocycles. The highest BCUT2D eigenvalue weighted by molar-refractivity contribution is 5.91. The molecule has 0 radical (unpaired) electrons. The van der Waals surface area contributed by atoms with Crippen molar-refractivity contribution in [2.45, 2.75) is 32.9 Å². The van der Waals surface area contributed by atoms with Gasteiger partial charge < -0.3 is 15.6 Å². The average molecular weight is 467 g/mol. The molecule has 0 bridgehead atoms. The van der Waals surface area contributed by atoms with Crippen LogP contribution < -0.4 is 10.5 Å². The molecule has 3 N–H and O–H groups in total. The summed E-state index contributed by atoms with van der Waals surface area (Å²) in [4.78, 5) is 15.4. The normalized spacial score (nSPS) is 11.4. The summed E-state index contributed by atoms with van der Waals surface area (Å²) in [6, 6.07) is 21.8. The molecule has 2 heterocycles.